The lowest BCUT2D eigenvalue weighted by Crippen LogP contribution is -2.53. The molecule has 0 amide bonds. The normalized spacial score (nSPS) is 22.7. The number of aryl methyl sites for hydroxylation is 2. The summed E-state index contributed by atoms with van der Waals surface area (Å²) in [5.74, 6) is 0.773. The highest BCUT2D eigenvalue weighted by Gasteiger charge is 2.22. The monoisotopic (exact) mass is 342 g/mol. The average molecular weight is 343 g/mol. The Balaban J connectivity index is 0.00000176. The number of halogens is 1. The van der Waals surface area contributed by atoms with Crippen LogP contribution in [0.2, 0.25) is 0 Å². The molecule has 2 unspecified atom stereocenters. The van der Waals surface area contributed by atoms with Gasteiger partial charge in [0.15, 0.2) is 0 Å². The number of H-pyrrole nitrogens is 1. The lowest BCUT2D eigenvalue weighted by molar-refractivity contribution is 0.163. The molecule has 0 spiro atoms. The number of hydrogen-bond donors (Lipinski definition) is 2. The van der Waals surface area contributed by atoms with Gasteiger partial charge in [-0.1, -0.05) is 0 Å². The zero-order chi connectivity index (χ0) is 15.1. The van der Waals surface area contributed by atoms with Crippen molar-refractivity contribution in [3.05, 3.63) is 26.6 Å². The van der Waals surface area contributed by atoms with Crippen LogP contribution in [-0.4, -0.2) is 40.0 Å². The molecular weight excluding hydrogens is 320 g/mol. The Kier molecular flexibility index (Phi) is 5.27. The lowest BCUT2D eigenvalue weighted by atomic mass is 10.1. The number of nitrogens with one attached hydrogen (secondary N) is 2. The van der Waals surface area contributed by atoms with E-state index < -0.39 is 0 Å². The van der Waals surface area contributed by atoms with Crippen LogP contribution < -0.4 is 10.9 Å². The summed E-state index contributed by atoms with van der Waals surface area (Å²) in [6.45, 7) is 11.1. The van der Waals surface area contributed by atoms with E-state index in [9.17, 15) is 4.79 Å². The van der Waals surface area contributed by atoms with Crippen LogP contribution in [0.5, 0.6) is 0 Å². The van der Waals surface area contributed by atoms with Crippen molar-refractivity contribution in [3.63, 3.8) is 0 Å². The largest absolute Gasteiger partial charge is 0.309 e. The maximum atomic E-state index is 12.3. The van der Waals surface area contributed by atoms with Gasteiger partial charge >= 0.3 is 0 Å². The molecule has 0 radical (unpaired) electrons. The van der Waals surface area contributed by atoms with E-state index >= 15 is 0 Å². The third kappa shape index (κ3) is 3.35. The van der Waals surface area contributed by atoms with E-state index in [1.807, 2.05) is 13.8 Å². The topological polar surface area (TPSA) is 61.0 Å². The second-order valence-corrected chi connectivity index (χ2v) is 7.34. The fourth-order valence-electron chi connectivity index (χ4n) is 3.16. The summed E-state index contributed by atoms with van der Waals surface area (Å²) >= 11 is 1.61. The van der Waals surface area contributed by atoms with Crippen molar-refractivity contribution in [2.75, 3.05) is 13.1 Å². The second-order valence-electron chi connectivity index (χ2n) is 6.14. The van der Waals surface area contributed by atoms with Gasteiger partial charge in [0.1, 0.15) is 10.7 Å². The number of aromatic nitrogens is 2. The van der Waals surface area contributed by atoms with Gasteiger partial charge < -0.3 is 10.3 Å². The van der Waals surface area contributed by atoms with Crippen molar-refractivity contribution >= 4 is 34.0 Å². The molecule has 2 atom stereocenters. The van der Waals surface area contributed by atoms with Crippen LogP contribution in [0.3, 0.4) is 0 Å². The van der Waals surface area contributed by atoms with Crippen molar-refractivity contribution < 1.29 is 0 Å². The first-order chi connectivity index (χ1) is 9.94. The Hall–Kier alpha value is -0.950. The summed E-state index contributed by atoms with van der Waals surface area (Å²) < 4.78 is 0. The maximum absolute atomic E-state index is 12.3. The van der Waals surface area contributed by atoms with Crippen LogP contribution in [0, 0.1) is 13.8 Å². The fourth-order valence-corrected chi connectivity index (χ4v) is 4.20. The van der Waals surface area contributed by atoms with Crippen LogP contribution in [0.25, 0.3) is 10.2 Å². The minimum absolute atomic E-state index is 0. The van der Waals surface area contributed by atoms with Crippen molar-refractivity contribution in [1.29, 1.82) is 0 Å². The molecule has 0 bridgehead atoms. The van der Waals surface area contributed by atoms with Gasteiger partial charge in [-0.3, -0.25) is 9.69 Å². The average Bonchev–Trinajstić information content (AvgIpc) is 2.63. The molecule has 1 saturated heterocycles. The molecule has 7 heteroatoms. The summed E-state index contributed by atoms with van der Waals surface area (Å²) in [5, 5.41) is 4.27. The molecule has 122 valence electrons. The highest BCUT2D eigenvalue weighted by Crippen LogP contribution is 2.25. The van der Waals surface area contributed by atoms with Crippen LogP contribution in [-0.2, 0) is 6.54 Å². The lowest BCUT2D eigenvalue weighted by Gasteiger charge is -2.35. The number of thiophene rings is 1. The standard InChI is InChI=1S/C15H22N4OS.ClH/c1-8-5-19(6-9(2)16-8)7-12-17-14(20)13-10(3)11(4)21-15(13)18-12;/h8-9,16H,5-7H2,1-4H3,(H,17,18,20);1H. The summed E-state index contributed by atoms with van der Waals surface area (Å²) in [7, 11) is 0. The summed E-state index contributed by atoms with van der Waals surface area (Å²) in [5.41, 5.74) is 1.05. The first-order valence-electron chi connectivity index (χ1n) is 7.41. The molecule has 3 heterocycles. The molecule has 22 heavy (non-hydrogen) atoms. The number of fused-ring (bicyclic) bond motifs is 1. The SMILES string of the molecule is Cc1sc2nc(CN3CC(C)NC(C)C3)[nH]c(=O)c2c1C.Cl. The van der Waals surface area contributed by atoms with Crippen LogP contribution in [0.4, 0.5) is 0 Å². The smallest absolute Gasteiger partial charge is 0.259 e. The molecule has 0 aromatic carbocycles. The predicted octanol–water partition coefficient (Wildman–Crippen LogP) is 2.21. The van der Waals surface area contributed by atoms with Crippen LogP contribution in [0.15, 0.2) is 4.79 Å². The Bertz CT molecular complexity index is 716. The number of hydrogen-bond acceptors (Lipinski definition) is 5. The first-order valence-corrected chi connectivity index (χ1v) is 8.23. The number of nitrogens with zero attached hydrogens (tertiary/aromatic N) is 2. The van der Waals surface area contributed by atoms with Crippen LogP contribution in [0.1, 0.15) is 30.1 Å². The molecule has 1 aliphatic heterocycles. The highest BCUT2D eigenvalue weighted by atomic mass is 35.5. The van der Waals surface area contributed by atoms with Crippen molar-refractivity contribution in [1.82, 2.24) is 20.2 Å². The van der Waals surface area contributed by atoms with Gasteiger partial charge in [-0.25, -0.2) is 4.98 Å². The highest BCUT2D eigenvalue weighted by molar-refractivity contribution is 7.18. The summed E-state index contributed by atoms with van der Waals surface area (Å²) in [4.78, 5) is 24.3. The van der Waals surface area contributed by atoms with E-state index in [1.165, 1.54) is 4.88 Å². The van der Waals surface area contributed by atoms with E-state index in [2.05, 4.69) is 34.0 Å². The molecule has 0 aliphatic carbocycles. The summed E-state index contributed by atoms with van der Waals surface area (Å²) in [6, 6.07) is 0.936. The van der Waals surface area contributed by atoms with Crippen molar-refractivity contribution in [3.8, 4) is 0 Å². The zero-order valence-corrected chi connectivity index (χ0v) is 15.0. The molecule has 5 nitrogen and oxygen atoms in total. The predicted molar refractivity (Wildman–Crippen MR) is 94.3 cm³/mol. The Morgan fingerprint density at radius 2 is 1.91 bits per heavy atom. The number of aromatic amines is 1. The number of piperazine rings is 1. The molecule has 0 saturated carbocycles. The van der Waals surface area contributed by atoms with E-state index in [-0.39, 0.29) is 18.0 Å². The van der Waals surface area contributed by atoms with Crippen LogP contribution >= 0.6 is 23.7 Å². The Morgan fingerprint density at radius 3 is 2.55 bits per heavy atom. The summed E-state index contributed by atoms with van der Waals surface area (Å²) in [6.07, 6.45) is 0. The van der Waals surface area contributed by atoms with Gasteiger partial charge in [-0.2, -0.15) is 0 Å². The van der Waals surface area contributed by atoms with Crippen molar-refractivity contribution in [2.45, 2.75) is 46.3 Å². The third-order valence-electron chi connectivity index (χ3n) is 4.09. The number of rotatable bonds is 2. The molecule has 2 N–H and O–H groups in total. The van der Waals surface area contributed by atoms with Gasteiger partial charge in [0, 0.05) is 30.1 Å². The Morgan fingerprint density at radius 1 is 1.27 bits per heavy atom. The minimum atomic E-state index is -0.00641. The molecule has 1 fully saturated rings. The van der Waals surface area contributed by atoms with Gasteiger partial charge in [0.25, 0.3) is 5.56 Å². The Labute approximate surface area is 140 Å². The van der Waals surface area contributed by atoms with Crippen molar-refractivity contribution in [2.24, 2.45) is 0 Å². The molecule has 2 aromatic heterocycles. The second kappa shape index (κ2) is 6.66. The molecule has 2 aromatic rings. The van der Waals surface area contributed by atoms with E-state index in [4.69, 9.17) is 0 Å². The van der Waals surface area contributed by atoms with Gasteiger partial charge in [-0.15, -0.1) is 23.7 Å². The minimum Gasteiger partial charge on any atom is -0.309 e. The van der Waals surface area contributed by atoms with Gasteiger partial charge in [-0.05, 0) is 33.3 Å². The van der Waals surface area contributed by atoms with Gasteiger partial charge in [0.2, 0.25) is 0 Å². The van der Waals surface area contributed by atoms with Gasteiger partial charge in [0.05, 0.1) is 11.9 Å². The molecule has 1 aliphatic rings. The molecular formula is C15H23ClN4OS. The zero-order valence-electron chi connectivity index (χ0n) is 13.4. The maximum Gasteiger partial charge on any atom is 0.259 e. The van der Waals surface area contributed by atoms with E-state index in [0.717, 1.165) is 34.7 Å². The van der Waals surface area contributed by atoms with E-state index in [1.54, 1.807) is 11.3 Å². The molecule has 3 rings (SSSR count). The fraction of sp³-hybridized carbons (Fsp3) is 0.600. The third-order valence-corrected chi connectivity index (χ3v) is 5.20. The quantitative estimate of drug-likeness (QED) is 0.878. The van der Waals surface area contributed by atoms with E-state index in [0.29, 0.717) is 18.6 Å². The first kappa shape index (κ1) is 17.4.